The second-order valence-corrected chi connectivity index (χ2v) is 7.68. The van der Waals surface area contributed by atoms with Gasteiger partial charge >= 0.3 is 0 Å². The number of carbonyl (C=O) groups is 2. The molecule has 0 atom stereocenters. The molecule has 0 radical (unpaired) electrons. The third-order valence-corrected chi connectivity index (χ3v) is 5.59. The molecule has 0 unspecified atom stereocenters. The molecular weight excluding hydrogens is 352 g/mol. The Hall–Kier alpha value is -1.75. The number of rotatable bonds is 4. The van der Waals surface area contributed by atoms with Crippen molar-refractivity contribution in [1.29, 1.82) is 0 Å². The van der Waals surface area contributed by atoms with Crippen LogP contribution in [0.25, 0.3) is 0 Å². The van der Waals surface area contributed by atoms with Gasteiger partial charge in [-0.1, -0.05) is 11.6 Å². The van der Waals surface area contributed by atoms with Gasteiger partial charge in [-0.05, 0) is 62.8 Å². The Bertz CT molecular complexity index is 650. The van der Waals surface area contributed by atoms with Crippen molar-refractivity contribution in [2.45, 2.75) is 39.0 Å². The van der Waals surface area contributed by atoms with Gasteiger partial charge in [0.2, 0.25) is 5.91 Å². The lowest BCUT2D eigenvalue weighted by Gasteiger charge is -2.35. The molecule has 2 fully saturated rings. The predicted octanol–water partition coefficient (Wildman–Crippen LogP) is 3.28. The molecule has 0 bridgehead atoms. The fourth-order valence-electron chi connectivity index (χ4n) is 3.75. The Morgan fingerprint density at radius 3 is 2.42 bits per heavy atom. The van der Waals surface area contributed by atoms with Gasteiger partial charge in [-0.3, -0.25) is 9.59 Å². The largest absolute Gasteiger partial charge is 0.483 e. The van der Waals surface area contributed by atoms with E-state index in [1.54, 1.807) is 12.1 Å². The fourth-order valence-corrected chi connectivity index (χ4v) is 3.98. The zero-order chi connectivity index (χ0) is 18.5. The number of aryl methyl sites for hydroxylation is 1. The molecule has 3 rings (SSSR count). The molecule has 0 saturated carbocycles. The number of nitrogens with zero attached hydrogens (tertiary/aromatic N) is 2. The topological polar surface area (TPSA) is 49.9 Å². The standard InChI is InChI=1S/C20H27ClN2O3/c1-15-13-17(21)5-6-18(15)26-14-19(24)22-11-7-16(8-12-22)20(25)23-9-3-2-4-10-23/h5-6,13,16H,2-4,7-12,14H2,1H3. The smallest absolute Gasteiger partial charge is 0.260 e. The van der Waals surface area contributed by atoms with Gasteiger partial charge in [0.05, 0.1) is 0 Å². The summed E-state index contributed by atoms with van der Waals surface area (Å²) in [6.07, 6.45) is 4.96. The molecule has 0 N–H and O–H groups in total. The molecule has 2 amide bonds. The summed E-state index contributed by atoms with van der Waals surface area (Å²) in [6.45, 7) is 4.98. The van der Waals surface area contributed by atoms with Gasteiger partial charge in [0.25, 0.3) is 5.91 Å². The van der Waals surface area contributed by atoms with Crippen LogP contribution in [0.5, 0.6) is 5.75 Å². The summed E-state index contributed by atoms with van der Waals surface area (Å²) in [6, 6.07) is 5.36. The van der Waals surface area contributed by atoms with Crippen molar-refractivity contribution >= 4 is 23.4 Å². The van der Waals surface area contributed by atoms with Crippen molar-refractivity contribution in [3.63, 3.8) is 0 Å². The van der Waals surface area contributed by atoms with E-state index >= 15 is 0 Å². The first-order valence-corrected chi connectivity index (χ1v) is 9.88. The second-order valence-electron chi connectivity index (χ2n) is 7.24. The third-order valence-electron chi connectivity index (χ3n) is 5.35. The monoisotopic (exact) mass is 378 g/mol. The maximum atomic E-state index is 12.6. The number of piperidine rings is 2. The van der Waals surface area contributed by atoms with E-state index < -0.39 is 0 Å². The Morgan fingerprint density at radius 2 is 1.77 bits per heavy atom. The Morgan fingerprint density at radius 1 is 1.08 bits per heavy atom. The number of carbonyl (C=O) groups excluding carboxylic acids is 2. The number of hydrogen-bond donors (Lipinski definition) is 0. The van der Waals surface area contributed by atoms with Crippen LogP contribution in [0.4, 0.5) is 0 Å². The average Bonchev–Trinajstić information content (AvgIpc) is 2.67. The summed E-state index contributed by atoms with van der Waals surface area (Å²) in [5.74, 6) is 1.00. The van der Waals surface area contributed by atoms with Gasteiger partial charge < -0.3 is 14.5 Å². The number of benzene rings is 1. The summed E-state index contributed by atoms with van der Waals surface area (Å²) in [5, 5.41) is 0.654. The molecule has 26 heavy (non-hydrogen) atoms. The van der Waals surface area contributed by atoms with E-state index in [1.165, 1.54) is 6.42 Å². The van der Waals surface area contributed by atoms with E-state index in [0.717, 1.165) is 44.3 Å². The molecule has 1 aromatic rings. The molecule has 1 aromatic carbocycles. The minimum atomic E-state index is -0.0248. The zero-order valence-electron chi connectivity index (χ0n) is 15.4. The number of likely N-dealkylation sites (tertiary alicyclic amines) is 2. The van der Waals surface area contributed by atoms with E-state index in [1.807, 2.05) is 22.8 Å². The van der Waals surface area contributed by atoms with Crippen molar-refractivity contribution in [1.82, 2.24) is 9.80 Å². The quantitative estimate of drug-likeness (QED) is 0.807. The molecule has 5 nitrogen and oxygen atoms in total. The number of hydrogen-bond acceptors (Lipinski definition) is 3. The fraction of sp³-hybridized carbons (Fsp3) is 0.600. The summed E-state index contributed by atoms with van der Waals surface area (Å²) in [7, 11) is 0. The zero-order valence-corrected chi connectivity index (χ0v) is 16.1. The van der Waals surface area contributed by atoms with Crippen LogP contribution in [-0.2, 0) is 9.59 Å². The van der Waals surface area contributed by atoms with Crippen LogP contribution in [0.1, 0.15) is 37.7 Å². The molecule has 142 valence electrons. The summed E-state index contributed by atoms with van der Waals surface area (Å²) >= 11 is 5.93. The predicted molar refractivity (Wildman–Crippen MR) is 101 cm³/mol. The molecule has 6 heteroatoms. The van der Waals surface area contributed by atoms with Crippen LogP contribution in [0.15, 0.2) is 18.2 Å². The van der Waals surface area contributed by atoms with Crippen molar-refractivity contribution in [3.05, 3.63) is 28.8 Å². The average molecular weight is 379 g/mol. The lowest BCUT2D eigenvalue weighted by atomic mass is 9.94. The van der Waals surface area contributed by atoms with Crippen molar-refractivity contribution < 1.29 is 14.3 Å². The van der Waals surface area contributed by atoms with Gasteiger partial charge in [-0.15, -0.1) is 0 Å². The molecule has 0 aliphatic carbocycles. The molecule has 2 aliphatic heterocycles. The molecule has 2 aliphatic rings. The van der Waals surface area contributed by atoms with Gasteiger partial charge in [-0.25, -0.2) is 0 Å². The Kier molecular flexibility index (Phi) is 6.41. The Labute approximate surface area is 160 Å². The number of amides is 2. The minimum absolute atomic E-state index is 0.0210. The highest BCUT2D eigenvalue weighted by Crippen LogP contribution is 2.24. The highest BCUT2D eigenvalue weighted by Gasteiger charge is 2.30. The Balaban J connectivity index is 1.45. The highest BCUT2D eigenvalue weighted by molar-refractivity contribution is 6.30. The highest BCUT2D eigenvalue weighted by atomic mass is 35.5. The first-order chi connectivity index (χ1) is 12.5. The summed E-state index contributed by atoms with van der Waals surface area (Å²) in [5.41, 5.74) is 0.913. The second kappa shape index (κ2) is 8.76. The van der Waals surface area contributed by atoms with Crippen LogP contribution >= 0.6 is 11.6 Å². The van der Waals surface area contributed by atoms with Crippen LogP contribution in [0.2, 0.25) is 5.02 Å². The van der Waals surface area contributed by atoms with Gasteiger partial charge in [0.15, 0.2) is 6.61 Å². The van der Waals surface area contributed by atoms with Crippen molar-refractivity contribution in [2.24, 2.45) is 5.92 Å². The van der Waals surface area contributed by atoms with E-state index in [-0.39, 0.29) is 24.3 Å². The summed E-state index contributed by atoms with van der Waals surface area (Å²) < 4.78 is 5.65. The number of ether oxygens (including phenoxy) is 1. The van der Waals surface area contributed by atoms with E-state index in [0.29, 0.717) is 23.9 Å². The van der Waals surface area contributed by atoms with Gasteiger partial charge in [0.1, 0.15) is 5.75 Å². The van der Waals surface area contributed by atoms with Crippen LogP contribution in [-0.4, -0.2) is 54.4 Å². The lowest BCUT2D eigenvalue weighted by Crippen LogP contribution is -2.46. The molecule has 0 aromatic heterocycles. The molecule has 2 saturated heterocycles. The van der Waals surface area contributed by atoms with E-state index in [2.05, 4.69) is 0 Å². The maximum absolute atomic E-state index is 12.6. The van der Waals surface area contributed by atoms with Gasteiger partial charge in [0, 0.05) is 37.1 Å². The van der Waals surface area contributed by atoms with Crippen molar-refractivity contribution in [3.8, 4) is 5.75 Å². The van der Waals surface area contributed by atoms with Crippen LogP contribution in [0.3, 0.4) is 0 Å². The van der Waals surface area contributed by atoms with E-state index in [4.69, 9.17) is 16.3 Å². The first kappa shape index (κ1) is 19.0. The van der Waals surface area contributed by atoms with E-state index in [9.17, 15) is 9.59 Å². The van der Waals surface area contributed by atoms with Crippen LogP contribution in [0, 0.1) is 12.8 Å². The number of halogens is 1. The lowest BCUT2D eigenvalue weighted by molar-refractivity contribution is -0.142. The normalized spacial score (nSPS) is 18.7. The van der Waals surface area contributed by atoms with Crippen LogP contribution < -0.4 is 4.74 Å². The molecule has 0 spiro atoms. The van der Waals surface area contributed by atoms with Gasteiger partial charge in [-0.2, -0.15) is 0 Å². The molecular formula is C20H27ClN2O3. The van der Waals surface area contributed by atoms with Crippen molar-refractivity contribution in [2.75, 3.05) is 32.8 Å². The minimum Gasteiger partial charge on any atom is -0.483 e. The SMILES string of the molecule is Cc1cc(Cl)ccc1OCC(=O)N1CCC(C(=O)N2CCCCC2)CC1. The molecule has 2 heterocycles. The summed E-state index contributed by atoms with van der Waals surface area (Å²) in [4.78, 5) is 28.8. The third kappa shape index (κ3) is 4.70. The maximum Gasteiger partial charge on any atom is 0.260 e. The first-order valence-electron chi connectivity index (χ1n) is 9.50.